The zero-order valence-corrected chi connectivity index (χ0v) is 14.7. The van der Waals surface area contributed by atoms with Crippen LogP contribution < -0.4 is 5.32 Å². The van der Waals surface area contributed by atoms with E-state index in [0.717, 1.165) is 46.0 Å². The highest BCUT2D eigenvalue weighted by Crippen LogP contribution is 2.36. The van der Waals surface area contributed by atoms with Gasteiger partial charge < -0.3 is 10.2 Å². The first-order chi connectivity index (χ1) is 11.6. The molecule has 0 radical (unpaired) electrons. The fraction of sp³-hybridized carbons (Fsp3) is 0.167. The highest BCUT2D eigenvalue weighted by molar-refractivity contribution is 9.10. The number of halogens is 1. The molecule has 0 spiro atoms. The van der Waals surface area contributed by atoms with Crippen molar-refractivity contribution >= 4 is 33.2 Å². The molecule has 2 aromatic rings. The predicted octanol–water partition coefficient (Wildman–Crippen LogP) is 3.36. The minimum Gasteiger partial charge on any atom is -0.340 e. The molecule has 5 nitrogen and oxygen atoms in total. The number of carbonyl (C=O) groups excluding carboxylic acids is 1. The molecular formula is C18H15BrN4O. The number of ketones is 1. The van der Waals surface area contributed by atoms with Gasteiger partial charge in [-0.1, -0.05) is 0 Å². The summed E-state index contributed by atoms with van der Waals surface area (Å²) in [5, 5.41) is 3.38. The van der Waals surface area contributed by atoms with Crippen LogP contribution >= 0.6 is 15.9 Å². The van der Waals surface area contributed by atoms with Crippen LogP contribution in [-0.4, -0.2) is 34.6 Å². The van der Waals surface area contributed by atoms with Gasteiger partial charge in [0.15, 0.2) is 5.78 Å². The number of rotatable bonds is 2. The average molecular weight is 383 g/mol. The number of amidine groups is 1. The van der Waals surface area contributed by atoms with E-state index < -0.39 is 0 Å². The molecule has 3 heterocycles. The molecule has 0 aliphatic carbocycles. The number of aryl methyl sites for hydroxylation is 1. The second-order valence-corrected chi connectivity index (χ2v) is 6.64. The van der Waals surface area contributed by atoms with Crippen LogP contribution in [0.3, 0.4) is 0 Å². The van der Waals surface area contributed by atoms with Crippen LogP contribution in [0.2, 0.25) is 0 Å². The van der Waals surface area contributed by atoms with Crippen molar-refractivity contribution < 1.29 is 4.79 Å². The van der Waals surface area contributed by atoms with Crippen molar-refractivity contribution in [3.05, 3.63) is 69.7 Å². The Balaban J connectivity index is 1.77. The molecule has 4 rings (SSSR count). The Kier molecular flexibility index (Phi) is 3.69. The summed E-state index contributed by atoms with van der Waals surface area (Å²) in [6.07, 6.45) is 4.85. The lowest BCUT2D eigenvalue weighted by Gasteiger charge is -2.32. The molecule has 1 aromatic carbocycles. The Bertz CT molecular complexity index is 889. The fourth-order valence-corrected chi connectivity index (χ4v) is 3.66. The van der Waals surface area contributed by atoms with Gasteiger partial charge in [-0.3, -0.25) is 14.8 Å². The zero-order valence-electron chi connectivity index (χ0n) is 13.1. The van der Waals surface area contributed by atoms with E-state index in [1.807, 2.05) is 0 Å². The normalized spacial score (nSPS) is 17.2. The van der Waals surface area contributed by atoms with Gasteiger partial charge in [-0.05, 0) is 52.7 Å². The van der Waals surface area contributed by atoms with Crippen molar-refractivity contribution in [2.45, 2.75) is 6.92 Å². The maximum atomic E-state index is 12.5. The number of carbonyl (C=O) groups is 1. The number of nitrogens with zero attached hydrogens (tertiary/aromatic N) is 3. The molecule has 1 aromatic heterocycles. The Morgan fingerprint density at radius 3 is 3.08 bits per heavy atom. The summed E-state index contributed by atoms with van der Waals surface area (Å²) < 4.78 is 0.964. The van der Waals surface area contributed by atoms with Gasteiger partial charge in [0, 0.05) is 40.6 Å². The molecule has 2 aliphatic rings. The number of aliphatic imine (C=N–C) groups is 1. The van der Waals surface area contributed by atoms with Gasteiger partial charge in [-0.2, -0.15) is 0 Å². The van der Waals surface area contributed by atoms with Gasteiger partial charge in [-0.15, -0.1) is 0 Å². The number of hydrogen-bond donors (Lipinski definition) is 1. The molecule has 6 heteroatoms. The zero-order chi connectivity index (χ0) is 16.7. The molecular weight excluding hydrogens is 368 g/mol. The van der Waals surface area contributed by atoms with Crippen molar-refractivity contribution in [3.63, 3.8) is 0 Å². The van der Waals surface area contributed by atoms with E-state index in [4.69, 9.17) is 0 Å². The minimum atomic E-state index is -0.0801. The molecule has 0 saturated carbocycles. The lowest BCUT2D eigenvalue weighted by atomic mass is 10.0. The molecule has 0 bridgehead atoms. The van der Waals surface area contributed by atoms with E-state index in [1.165, 1.54) is 0 Å². The average Bonchev–Trinajstić information content (AvgIpc) is 3.07. The largest absolute Gasteiger partial charge is 0.340 e. The summed E-state index contributed by atoms with van der Waals surface area (Å²) in [4.78, 5) is 23.2. The van der Waals surface area contributed by atoms with Crippen LogP contribution in [0.4, 0.5) is 5.69 Å². The van der Waals surface area contributed by atoms with Crippen LogP contribution in [0, 0.1) is 6.92 Å². The van der Waals surface area contributed by atoms with Gasteiger partial charge in [0.25, 0.3) is 0 Å². The summed E-state index contributed by atoms with van der Waals surface area (Å²) in [5.74, 6) is 1.58. The number of aromatic nitrogens is 1. The first-order valence-electron chi connectivity index (χ1n) is 7.69. The molecule has 0 fully saturated rings. The Morgan fingerprint density at radius 1 is 1.42 bits per heavy atom. The Morgan fingerprint density at radius 2 is 2.29 bits per heavy atom. The molecule has 2 aliphatic heterocycles. The topological polar surface area (TPSA) is 57.6 Å². The van der Waals surface area contributed by atoms with Crippen molar-refractivity contribution in [3.8, 4) is 0 Å². The van der Waals surface area contributed by atoms with E-state index in [1.54, 1.807) is 30.6 Å². The summed E-state index contributed by atoms with van der Waals surface area (Å²) in [6.45, 7) is 3.54. The standard InChI is InChI=1S/C18H15BrN4O/c1-11-7-13-17(14(19)8-11)22-16(23-6-5-21-18(13)23)9-15(24)12-3-2-4-20-10-12/h2-4,7-10,22H,5-6H2,1H3. The van der Waals surface area contributed by atoms with Crippen molar-refractivity contribution in [2.24, 2.45) is 4.99 Å². The van der Waals surface area contributed by atoms with Crippen molar-refractivity contribution in [1.82, 2.24) is 9.88 Å². The molecule has 0 unspecified atom stereocenters. The molecule has 1 N–H and O–H groups in total. The van der Waals surface area contributed by atoms with Crippen LogP contribution in [0.5, 0.6) is 0 Å². The molecule has 0 amide bonds. The Labute approximate surface area is 148 Å². The molecule has 0 atom stereocenters. The number of benzene rings is 1. The van der Waals surface area contributed by atoms with E-state index in [9.17, 15) is 4.79 Å². The third-order valence-corrected chi connectivity index (χ3v) is 4.70. The third-order valence-electron chi connectivity index (χ3n) is 4.07. The first-order valence-corrected chi connectivity index (χ1v) is 8.48. The van der Waals surface area contributed by atoms with E-state index in [2.05, 4.69) is 55.2 Å². The van der Waals surface area contributed by atoms with Gasteiger partial charge in [-0.25, -0.2) is 0 Å². The van der Waals surface area contributed by atoms with E-state index in [-0.39, 0.29) is 5.78 Å². The Hall–Kier alpha value is -2.47. The van der Waals surface area contributed by atoms with Crippen molar-refractivity contribution in [2.75, 3.05) is 18.4 Å². The SMILES string of the molecule is Cc1cc(Br)c2c(c1)C1=NCCN1C(=CC(=O)c1cccnc1)N2. The lowest BCUT2D eigenvalue weighted by molar-refractivity contribution is 0.104. The lowest BCUT2D eigenvalue weighted by Crippen LogP contribution is -2.36. The maximum absolute atomic E-state index is 12.5. The first kappa shape index (κ1) is 15.1. The highest BCUT2D eigenvalue weighted by atomic mass is 79.9. The fourth-order valence-electron chi connectivity index (χ4n) is 2.98. The number of allylic oxidation sites excluding steroid dienone is 1. The van der Waals surface area contributed by atoms with Crippen LogP contribution in [0.15, 0.2) is 58.0 Å². The predicted molar refractivity (Wildman–Crippen MR) is 97.3 cm³/mol. The maximum Gasteiger partial charge on any atom is 0.191 e. The second kappa shape index (κ2) is 5.87. The highest BCUT2D eigenvalue weighted by Gasteiger charge is 2.31. The number of hydrogen-bond acceptors (Lipinski definition) is 5. The second-order valence-electron chi connectivity index (χ2n) is 5.79. The van der Waals surface area contributed by atoms with Crippen LogP contribution in [0.1, 0.15) is 21.5 Å². The van der Waals surface area contributed by atoms with Gasteiger partial charge in [0.05, 0.1) is 12.2 Å². The van der Waals surface area contributed by atoms with Gasteiger partial charge in [0.2, 0.25) is 0 Å². The van der Waals surface area contributed by atoms with E-state index >= 15 is 0 Å². The smallest absolute Gasteiger partial charge is 0.191 e. The number of fused-ring (bicyclic) bond motifs is 3. The quantitative estimate of drug-likeness (QED) is 0.638. The molecule has 120 valence electrons. The van der Waals surface area contributed by atoms with Crippen molar-refractivity contribution in [1.29, 1.82) is 0 Å². The van der Waals surface area contributed by atoms with Crippen LogP contribution in [-0.2, 0) is 0 Å². The summed E-state index contributed by atoms with van der Waals surface area (Å²) in [7, 11) is 0. The summed E-state index contributed by atoms with van der Waals surface area (Å²) in [5.41, 5.74) is 3.74. The minimum absolute atomic E-state index is 0.0801. The molecule has 24 heavy (non-hydrogen) atoms. The van der Waals surface area contributed by atoms with Gasteiger partial charge >= 0.3 is 0 Å². The molecule has 0 saturated heterocycles. The van der Waals surface area contributed by atoms with E-state index in [0.29, 0.717) is 5.56 Å². The van der Waals surface area contributed by atoms with Gasteiger partial charge in [0.1, 0.15) is 11.7 Å². The number of nitrogens with one attached hydrogen (secondary N) is 1. The number of anilines is 1. The summed E-state index contributed by atoms with van der Waals surface area (Å²) >= 11 is 3.61. The monoisotopic (exact) mass is 382 g/mol. The third kappa shape index (κ3) is 2.53. The summed E-state index contributed by atoms with van der Waals surface area (Å²) in [6, 6.07) is 7.69. The number of pyridine rings is 1. The van der Waals surface area contributed by atoms with Crippen LogP contribution in [0.25, 0.3) is 0 Å².